The van der Waals surface area contributed by atoms with Gasteiger partial charge in [0.15, 0.2) is 0 Å². The molecule has 0 aliphatic carbocycles. The van der Waals surface area contributed by atoms with E-state index in [0.717, 1.165) is 5.56 Å². The molecule has 0 aromatic heterocycles. The zero-order valence-corrected chi connectivity index (χ0v) is 14.9. The predicted octanol–water partition coefficient (Wildman–Crippen LogP) is -1.43. The van der Waals surface area contributed by atoms with E-state index < -0.39 is 10.0 Å². The number of halogens is 1. The number of hydrogen-bond donors (Lipinski definition) is 1. The maximum Gasteiger partial charge on any atom is 1.00 e. The fraction of sp³-hybridized carbons (Fsp3) is 0.455. The van der Waals surface area contributed by atoms with Crippen LogP contribution in [0.3, 0.4) is 0 Å². The summed E-state index contributed by atoms with van der Waals surface area (Å²) in [5.41, 5.74) is 0.989. The van der Waals surface area contributed by atoms with Gasteiger partial charge in [0.2, 0.25) is 0 Å². The van der Waals surface area contributed by atoms with Crippen LogP contribution in [0.25, 0.3) is 4.24 Å². The summed E-state index contributed by atoms with van der Waals surface area (Å²) in [5, 5.41) is 8.36. The van der Waals surface area contributed by atoms with Crippen LogP contribution in [-0.2, 0) is 19.5 Å². The molecule has 1 atom stereocenters. The molecule has 20 heavy (non-hydrogen) atoms. The van der Waals surface area contributed by atoms with Crippen molar-refractivity contribution in [1.82, 2.24) is 0 Å². The number of rotatable bonds is 3. The van der Waals surface area contributed by atoms with Crippen molar-refractivity contribution in [3.63, 3.8) is 0 Å². The minimum absolute atomic E-state index is 0. The Balaban J connectivity index is 0.000000387. The van der Waals surface area contributed by atoms with Gasteiger partial charge in [-0.25, -0.2) is 8.42 Å². The van der Waals surface area contributed by atoms with Crippen molar-refractivity contribution >= 4 is 21.8 Å². The van der Waals surface area contributed by atoms with Gasteiger partial charge < -0.3 is 18.8 Å². The third-order valence-corrected chi connectivity index (χ3v) is 3.90. The summed E-state index contributed by atoms with van der Waals surface area (Å²) in [6.07, 6.45) is -0.0694. The van der Waals surface area contributed by atoms with E-state index in [1.807, 2.05) is 6.92 Å². The molecule has 9 heteroatoms. The molecule has 0 amide bonds. The Bertz CT molecular complexity index is 476. The van der Waals surface area contributed by atoms with Crippen LogP contribution in [0.4, 0.5) is 0 Å². The average molecular weight is 332 g/mol. The van der Waals surface area contributed by atoms with Crippen LogP contribution in [0.15, 0.2) is 29.2 Å². The number of hydrogen-bond acceptors (Lipinski definition) is 5. The van der Waals surface area contributed by atoms with E-state index in [0.29, 0.717) is 13.4 Å². The number of ether oxygens (including phenoxy) is 2. The van der Waals surface area contributed by atoms with Gasteiger partial charge in [0, 0.05) is 4.90 Å². The fourth-order valence-electron chi connectivity index (χ4n) is 1.23. The van der Waals surface area contributed by atoms with Gasteiger partial charge in [0.1, 0.15) is 22.9 Å². The van der Waals surface area contributed by atoms with Gasteiger partial charge in [0.05, 0.1) is 13.2 Å². The first-order valence-electron chi connectivity index (χ1n) is 5.44. The van der Waals surface area contributed by atoms with Gasteiger partial charge in [-0.3, -0.25) is 11.8 Å². The van der Waals surface area contributed by atoms with Crippen molar-refractivity contribution in [3.05, 3.63) is 34.1 Å². The Hall–Kier alpha value is 0.300. The van der Waals surface area contributed by atoms with Gasteiger partial charge in [-0.15, -0.1) is 0 Å². The van der Waals surface area contributed by atoms with E-state index >= 15 is 0 Å². The second-order valence-corrected chi connectivity index (χ2v) is 5.79. The third kappa shape index (κ3) is 6.84. The second-order valence-electron chi connectivity index (χ2n) is 3.82. The molecular formula is C11H15ClNNaO5S. The summed E-state index contributed by atoms with van der Waals surface area (Å²) in [6, 6.07) is 6.32. The molecule has 108 valence electrons. The first kappa shape index (κ1) is 20.3. The smallest absolute Gasteiger partial charge is 0.458 e. The largest absolute Gasteiger partial charge is 1.00 e. The van der Waals surface area contributed by atoms with Crippen LogP contribution < -0.4 is 29.6 Å². The van der Waals surface area contributed by atoms with Crippen molar-refractivity contribution in [3.8, 4) is 0 Å². The van der Waals surface area contributed by atoms with Crippen LogP contribution in [0.5, 0.6) is 0 Å². The fourth-order valence-corrected chi connectivity index (χ4v) is 2.03. The first-order chi connectivity index (χ1) is 8.99. The van der Waals surface area contributed by atoms with E-state index in [-0.39, 0.29) is 47.2 Å². The van der Waals surface area contributed by atoms with E-state index in [1.165, 1.54) is 12.1 Å². The van der Waals surface area contributed by atoms with Crippen LogP contribution in [-0.4, -0.2) is 39.6 Å². The maximum absolute atomic E-state index is 11.0. The average Bonchev–Trinajstić information content (AvgIpc) is 2.93. The summed E-state index contributed by atoms with van der Waals surface area (Å²) in [7, 11) is -3.62. The Labute approximate surface area is 145 Å². The SMILES string of the molecule is Cc1ccc(S(=O)(=O)[N-]Cl)cc1.OCC1COCO1.[Na+]. The standard InChI is InChI=1S/C7H7ClNO2S.C4H8O3.Na/c1-6-2-4-7(5-3-6)12(10,11)9-8;5-1-4-2-6-3-7-4;/h2-5H,1H3;4-5H,1-3H2;/q-1;;+1. The molecule has 6 nitrogen and oxygen atoms in total. The number of benzene rings is 1. The van der Waals surface area contributed by atoms with Crippen molar-refractivity contribution in [1.29, 1.82) is 0 Å². The second kappa shape index (κ2) is 10.1. The van der Waals surface area contributed by atoms with Gasteiger partial charge in [0.25, 0.3) is 0 Å². The molecule has 0 saturated carbocycles. The molecule has 0 spiro atoms. The molecular weight excluding hydrogens is 317 g/mol. The minimum atomic E-state index is -3.62. The molecule has 1 aromatic carbocycles. The maximum atomic E-state index is 11.0. The summed E-state index contributed by atoms with van der Waals surface area (Å²) in [5.74, 6) is 0. The minimum Gasteiger partial charge on any atom is -0.458 e. The quantitative estimate of drug-likeness (QED) is 0.686. The van der Waals surface area contributed by atoms with Crippen molar-refractivity contribution in [2.45, 2.75) is 17.9 Å². The van der Waals surface area contributed by atoms with Crippen molar-refractivity contribution in [2.75, 3.05) is 20.0 Å². The van der Waals surface area contributed by atoms with Gasteiger partial charge in [-0.05, 0) is 19.1 Å². The molecule has 1 unspecified atom stereocenters. The molecule has 1 saturated heterocycles. The molecule has 1 N–H and O–H groups in total. The Kier molecular flexibility index (Phi) is 10.2. The molecule has 1 heterocycles. The van der Waals surface area contributed by atoms with Crippen LogP contribution in [0.1, 0.15) is 5.56 Å². The Morgan fingerprint density at radius 3 is 2.35 bits per heavy atom. The summed E-state index contributed by atoms with van der Waals surface area (Å²) in [6.45, 7) is 2.82. The zero-order chi connectivity index (χ0) is 14.3. The number of aliphatic hydroxyl groups is 1. The molecule has 1 aliphatic rings. The molecule has 2 rings (SSSR count). The van der Waals surface area contributed by atoms with Crippen molar-refractivity contribution in [2.24, 2.45) is 0 Å². The predicted molar refractivity (Wildman–Crippen MR) is 70.4 cm³/mol. The summed E-state index contributed by atoms with van der Waals surface area (Å²) >= 11 is 4.90. The number of nitrogens with zero attached hydrogens (tertiary/aromatic N) is 1. The van der Waals surface area contributed by atoms with E-state index in [2.05, 4.69) is 4.24 Å². The third-order valence-electron chi connectivity index (χ3n) is 2.30. The number of sulfonamides is 1. The van der Waals surface area contributed by atoms with E-state index in [9.17, 15) is 8.42 Å². The molecule has 1 aromatic rings. The normalized spacial score (nSPS) is 17.9. The molecule has 0 radical (unpaired) electrons. The first-order valence-corrected chi connectivity index (χ1v) is 7.22. The zero-order valence-electron chi connectivity index (χ0n) is 11.3. The van der Waals surface area contributed by atoms with Crippen LogP contribution in [0, 0.1) is 6.92 Å². The van der Waals surface area contributed by atoms with Crippen molar-refractivity contribution < 1.29 is 52.6 Å². The van der Waals surface area contributed by atoms with Gasteiger partial charge in [-0.2, -0.15) is 0 Å². The van der Waals surface area contributed by atoms with Gasteiger partial charge in [-0.1, -0.05) is 17.7 Å². The molecule has 1 aliphatic heterocycles. The topological polar surface area (TPSA) is 86.9 Å². The molecule has 0 bridgehead atoms. The van der Waals surface area contributed by atoms with E-state index in [1.54, 1.807) is 12.1 Å². The summed E-state index contributed by atoms with van der Waals surface area (Å²) in [4.78, 5) is 0.114. The number of aliphatic hydroxyl groups excluding tert-OH is 1. The monoisotopic (exact) mass is 331 g/mol. The Morgan fingerprint density at radius 2 is 2.00 bits per heavy atom. The van der Waals surface area contributed by atoms with E-state index in [4.69, 9.17) is 26.4 Å². The van der Waals surface area contributed by atoms with Crippen LogP contribution in [0.2, 0.25) is 0 Å². The van der Waals surface area contributed by atoms with Crippen LogP contribution >= 0.6 is 11.8 Å². The van der Waals surface area contributed by atoms with Gasteiger partial charge >= 0.3 is 29.6 Å². The number of aryl methyl sites for hydroxylation is 1. The summed E-state index contributed by atoms with van der Waals surface area (Å²) < 4.78 is 34.4. The Morgan fingerprint density at radius 1 is 1.40 bits per heavy atom. The molecule has 1 fully saturated rings.